The Morgan fingerprint density at radius 3 is 2.63 bits per heavy atom. The molecule has 0 saturated heterocycles. The predicted octanol–water partition coefficient (Wildman–Crippen LogP) is 3.25. The Kier molecular flexibility index (Phi) is 4.16. The molecule has 1 saturated carbocycles. The van der Waals surface area contributed by atoms with E-state index in [0.717, 1.165) is 30.6 Å². The van der Waals surface area contributed by atoms with Gasteiger partial charge in [0, 0.05) is 4.88 Å². The molecular weight excluding hydrogens is 264 g/mol. The summed E-state index contributed by atoms with van der Waals surface area (Å²) in [5, 5.41) is 19.4. The van der Waals surface area contributed by atoms with Crippen molar-refractivity contribution in [1.82, 2.24) is 0 Å². The van der Waals surface area contributed by atoms with Gasteiger partial charge in [0.25, 0.3) is 0 Å². The van der Waals surface area contributed by atoms with Crippen molar-refractivity contribution < 1.29 is 19.7 Å². The summed E-state index contributed by atoms with van der Waals surface area (Å²) in [6.45, 7) is 4.22. The fourth-order valence-corrected chi connectivity index (χ4v) is 3.27. The topological polar surface area (TPSA) is 66.8 Å². The molecule has 4 nitrogen and oxygen atoms in total. The lowest BCUT2D eigenvalue weighted by Gasteiger charge is -2.21. The molecule has 0 aliphatic heterocycles. The number of aromatic carboxylic acids is 1. The van der Waals surface area contributed by atoms with E-state index in [1.54, 1.807) is 6.07 Å². The summed E-state index contributed by atoms with van der Waals surface area (Å²) in [6, 6.07) is 1.79. The Balaban J connectivity index is 2.12. The number of carboxylic acid groups (broad SMARTS) is 1. The first-order valence-electron chi connectivity index (χ1n) is 6.63. The summed E-state index contributed by atoms with van der Waals surface area (Å²) in [7, 11) is 0. The average molecular weight is 284 g/mol. The summed E-state index contributed by atoms with van der Waals surface area (Å²) in [5.74, 6) is -0.304. The summed E-state index contributed by atoms with van der Waals surface area (Å²) >= 11 is 1.25. The van der Waals surface area contributed by atoms with Gasteiger partial charge in [0.2, 0.25) is 0 Å². The van der Waals surface area contributed by atoms with E-state index in [0.29, 0.717) is 5.75 Å². The van der Waals surface area contributed by atoms with Crippen LogP contribution in [0.2, 0.25) is 0 Å². The molecule has 0 aromatic carbocycles. The van der Waals surface area contributed by atoms with Crippen LogP contribution in [0.15, 0.2) is 6.07 Å². The summed E-state index contributed by atoms with van der Waals surface area (Å²) in [6.07, 6.45) is 3.48. The molecule has 1 aromatic rings. The van der Waals surface area contributed by atoms with Gasteiger partial charge in [-0.05, 0) is 24.8 Å². The molecular formula is C14H20O4S. The predicted molar refractivity (Wildman–Crippen MR) is 74.3 cm³/mol. The van der Waals surface area contributed by atoms with Crippen LogP contribution in [-0.2, 0) is 0 Å². The zero-order chi connectivity index (χ0) is 14.0. The van der Waals surface area contributed by atoms with Crippen LogP contribution in [0.1, 0.15) is 60.0 Å². The Morgan fingerprint density at radius 1 is 1.47 bits per heavy atom. The van der Waals surface area contributed by atoms with E-state index in [2.05, 4.69) is 0 Å². The van der Waals surface area contributed by atoms with Gasteiger partial charge in [-0.25, -0.2) is 4.79 Å². The van der Waals surface area contributed by atoms with Crippen LogP contribution < -0.4 is 4.74 Å². The summed E-state index contributed by atoms with van der Waals surface area (Å²) < 4.78 is 5.60. The van der Waals surface area contributed by atoms with Gasteiger partial charge in [-0.2, -0.15) is 0 Å². The molecule has 0 atom stereocenters. The lowest BCUT2D eigenvalue weighted by molar-refractivity contribution is 0.00107. The van der Waals surface area contributed by atoms with E-state index in [1.807, 2.05) is 13.8 Å². The molecule has 0 radical (unpaired) electrons. The molecule has 0 amide bonds. The minimum Gasteiger partial charge on any atom is -0.489 e. The van der Waals surface area contributed by atoms with Crippen LogP contribution in [0.3, 0.4) is 0 Å². The van der Waals surface area contributed by atoms with Crippen molar-refractivity contribution in [2.45, 2.75) is 51.0 Å². The molecule has 5 heteroatoms. The lowest BCUT2D eigenvalue weighted by Crippen LogP contribution is -2.32. The van der Waals surface area contributed by atoms with Crippen molar-refractivity contribution in [3.8, 4) is 5.75 Å². The fraction of sp³-hybridized carbons (Fsp3) is 0.643. The van der Waals surface area contributed by atoms with Crippen molar-refractivity contribution in [1.29, 1.82) is 0 Å². The quantitative estimate of drug-likeness (QED) is 0.871. The van der Waals surface area contributed by atoms with Crippen molar-refractivity contribution in [3.05, 3.63) is 15.8 Å². The third kappa shape index (κ3) is 3.28. The average Bonchev–Trinajstić information content (AvgIpc) is 2.93. The van der Waals surface area contributed by atoms with E-state index in [9.17, 15) is 15.0 Å². The molecule has 2 rings (SSSR count). The van der Waals surface area contributed by atoms with E-state index in [-0.39, 0.29) is 17.4 Å². The lowest BCUT2D eigenvalue weighted by atomic mass is 10.0. The minimum atomic E-state index is -0.967. The van der Waals surface area contributed by atoms with Gasteiger partial charge in [-0.15, -0.1) is 11.3 Å². The van der Waals surface area contributed by atoms with E-state index >= 15 is 0 Å². The zero-order valence-electron chi connectivity index (χ0n) is 11.3. The molecule has 1 heterocycles. The zero-order valence-corrected chi connectivity index (χ0v) is 12.1. The number of carbonyl (C=O) groups is 1. The van der Waals surface area contributed by atoms with Gasteiger partial charge in [0.15, 0.2) is 4.88 Å². The largest absolute Gasteiger partial charge is 0.489 e. The molecule has 19 heavy (non-hydrogen) atoms. The first kappa shape index (κ1) is 14.3. The second-order valence-corrected chi connectivity index (χ2v) is 6.61. The number of carboxylic acids is 1. The van der Waals surface area contributed by atoms with E-state index in [4.69, 9.17) is 4.74 Å². The number of ether oxygens (including phenoxy) is 1. The van der Waals surface area contributed by atoms with Gasteiger partial charge in [-0.3, -0.25) is 0 Å². The number of aliphatic hydroxyl groups is 1. The van der Waals surface area contributed by atoms with Gasteiger partial charge in [0.1, 0.15) is 12.4 Å². The van der Waals surface area contributed by atoms with Crippen molar-refractivity contribution >= 4 is 17.3 Å². The molecule has 1 fully saturated rings. The fourth-order valence-electron chi connectivity index (χ4n) is 2.32. The molecule has 2 N–H and O–H groups in total. The number of thiophene rings is 1. The number of rotatable bonds is 5. The van der Waals surface area contributed by atoms with Crippen molar-refractivity contribution in [2.24, 2.45) is 0 Å². The van der Waals surface area contributed by atoms with Gasteiger partial charge in [-0.1, -0.05) is 26.7 Å². The highest BCUT2D eigenvalue weighted by molar-refractivity contribution is 7.14. The standard InChI is InChI=1S/C14H20O4S/c1-9(2)11-7-10(12(19-11)13(15)16)18-8-14(17)5-3-4-6-14/h7,9,17H,3-6,8H2,1-2H3,(H,15,16). The first-order chi connectivity index (χ1) is 8.91. The summed E-state index contributed by atoms with van der Waals surface area (Å²) in [4.78, 5) is 12.4. The van der Waals surface area contributed by atoms with Crippen molar-refractivity contribution in [3.63, 3.8) is 0 Å². The molecule has 1 aliphatic rings. The second kappa shape index (κ2) is 5.51. The van der Waals surface area contributed by atoms with Crippen molar-refractivity contribution in [2.75, 3.05) is 6.61 Å². The maximum atomic E-state index is 11.2. The third-order valence-corrected chi connectivity index (χ3v) is 4.92. The summed E-state index contributed by atoms with van der Waals surface area (Å²) in [5.41, 5.74) is -0.782. The first-order valence-corrected chi connectivity index (χ1v) is 7.45. The molecule has 0 spiro atoms. The Morgan fingerprint density at radius 2 is 2.11 bits per heavy atom. The molecule has 1 aromatic heterocycles. The van der Waals surface area contributed by atoms with E-state index in [1.165, 1.54) is 11.3 Å². The minimum absolute atomic E-state index is 0.182. The molecule has 0 unspecified atom stereocenters. The van der Waals surface area contributed by atoms with Crippen LogP contribution in [-0.4, -0.2) is 28.4 Å². The highest BCUT2D eigenvalue weighted by Gasteiger charge is 2.32. The van der Waals surface area contributed by atoms with Gasteiger partial charge in [0.05, 0.1) is 5.60 Å². The van der Waals surface area contributed by atoms with Crippen LogP contribution in [0, 0.1) is 0 Å². The van der Waals surface area contributed by atoms with E-state index < -0.39 is 11.6 Å². The second-order valence-electron chi connectivity index (χ2n) is 5.52. The highest BCUT2D eigenvalue weighted by Crippen LogP contribution is 2.36. The smallest absolute Gasteiger partial charge is 0.349 e. The maximum Gasteiger partial charge on any atom is 0.349 e. The highest BCUT2D eigenvalue weighted by atomic mass is 32.1. The van der Waals surface area contributed by atoms with Crippen LogP contribution in [0.5, 0.6) is 5.75 Å². The molecule has 106 valence electrons. The van der Waals surface area contributed by atoms with Crippen LogP contribution in [0.25, 0.3) is 0 Å². The SMILES string of the molecule is CC(C)c1cc(OCC2(O)CCCC2)c(C(=O)O)s1. The molecule has 0 bridgehead atoms. The van der Waals surface area contributed by atoms with Gasteiger partial charge < -0.3 is 14.9 Å². The van der Waals surface area contributed by atoms with Crippen LogP contribution in [0.4, 0.5) is 0 Å². The number of hydrogen-bond donors (Lipinski definition) is 2. The Hall–Kier alpha value is -1.07. The normalized spacial score (nSPS) is 17.9. The number of hydrogen-bond acceptors (Lipinski definition) is 4. The Bertz CT molecular complexity index is 458. The maximum absolute atomic E-state index is 11.2. The van der Waals surface area contributed by atoms with Gasteiger partial charge >= 0.3 is 5.97 Å². The third-order valence-electron chi connectivity index (χ3n) is 3.51. The molecule has 1 aliphatic carbocycles. The van der Waals surface area contributed by atoms with Crippen LogP contribution >= 0.6 is 11.3 Å². The monoisotopic (exact) mass is 284 g/mol. The Labute approximate surface area is 117 Å².